The van der Waals surface area contributed by atoms with E-state index in [4.69, 9.17) is 9.47 Å². The van der Waals surface area contributed by atoms with Crippen molar-refractivity contribution in [2.24, 2.45) is 7.05 Å². The third-order valence-corrected chi connectivity index (χ3v) is 2.65. The second-order valence-electron chi connectivity index (χ2n) is 3.94. The van der Waals surface area contributed by atoms with Crippen LogP contribution in [0.2, 0.25) is 0 Å². The Kier molecular flexibility index (Phi) is 3.72. The summed E-state index contributed by atoms with van der Waals surface area (Å²) < 4.78 is 12.3. The monoisotopic (exact) mass is 247 g/mol. The SMILES string of the molecule is COc1ccc(OC)c(NCc2cnn(C)c2)c1. The van der Waals surface area contributed by atoms with Gasteiger partial charge in [-0.2, -0.15) is 5.10 Å². The Balaban J connectivity index is 2.11. The minimum atomic E-state index is 0.692. The van der Waals surface area contributed by atoms with Crippen LogP contribution in [0.1, 0.15) is 5.56 Å². The Bertz CT molecular complexity index is 523. The number of nitrogens with one attached hydrogen (secondary N) is 1. The van der Waals surface area contributed by atoms with E-state index >= 15 is 0 Å². The summed E-state index contributed by atoms with van der Waals surface area (Å²) in [7, 11) is 5.19. The van der Waals surface area contributed by atoms with Crippen LogP contribution in [0.4, 0.5) is 5.69 Å². The summed E-state index contributed by atoms with van der Waals surface area (Å²) in [6.07, 6.45) is 3.80. The lowest BCUT2D eigenvalue weighted by molar-refractivity contribution is 0.404. The number of methoxy groups -OCH3 is 2. The lowest BCUT2D eigenvalue weighted by atomic mass is 10.2. The molecule has 0 amide bonds. The zero-order chi connectivity index (χ0) is 13.0. The lowest BCUT2D eigenvalue weighted by Crippen LogP contribution is -2.01. The second kappa shape index (κ2) is 5.44. The van der Waals surface area contributed by atoms with Crippen LogP contribution < -0.4 is 14.8 Å². The van der Waals surface area contributed by atoms with Crippen LogP contribution in [-0.2, 0) is 13.6 Å². The average Bonchev–Trinajstić information content (AvgIpc) is 2.81. The van der Waals surface area contributed by atoms with E-state index < -0.39 is 0 Å². The summed E-state index contributed by atoms with van der Waals surface area (Å²) >= 11 is 0. The van der Waals surface area contributed by atoms with E-state index in [0.717, 1.165) is 22.7 Å². The molecule has 0 aliphatic heterocycles. The van der Waals surface area contributed by atoms with Crippen LogP contribution in [0.15, 0.2) is 30.6 Å². The zero-order valence-corrected chi connectivity index (χ0v) is 10.8. The van der Waals surface area contributed by atoms with Gasteiger partial charge in [-0.15, -0.1) is 0 Å². The van der Waals surface area contributed by atoms with Crippen LogP contribution in [0.5, 0.6) is 11.5 Å². The molecule has 0 spiro atoms. The van der Waals surface area contributed by atoms with Crippen molar-refractivity contribution in [3.8, 4) is 11.5 Å². The largest absolute Gasteiger partial charge is 0.497 e. The first kappa shape index (κ1) is 12.3. The van der Waals surface area contributed by atoms with Gasteiger partial charge in [0.2, 0.25) is 0 Å². The molecular weight excluding hydrogens is 230 g/mol. The van der Waals surface area contributed by atoms with Crippen molar-refractivity contribution >= 4 is 5.69 Å². The molecule has 1 N–H and O–H groups in total. The predicted molar refractivity (Wildman–Crippen MR) is 70.1 cm³/mol. The maximum absolute atomic E-state index is 5.30. The zero-order valence-electron chi connectivity index (χ0n) is 10.8. The molecule has 0 saturated heterocycles. The van der Waals surface area contributed by atoms with Gasteiger partial charge in [0.15, 0.2) is 0 Å². The number of rotatable bonds is 5. The summed E-state index contributed by atoms with van der Waals surface area (Å²) in [5.41, 5.74) is 2.02. The third kappa shape index (κ3) is 2.74. The molecule has 96 valence electrons. The van der Waals surface area contributed by atoms with Gasteiger partial charge in [0.1, 0.15) is 11.5 Å². The molecule has 0 bridgehead atoms. The van der Waals surface area contributed by atoms with Gasteiger partial charge in [-0.3, -0.25) is 4.68 Å². The van der Waals surface area contributed by atoms with Crippen molar-refractivity contribution in [3.63, 3.8) is 0 Å². The number of ether oxygens (including phenoxy) is 2. The molecule has 5 nitrogen and oxygen atoms in total. The van der Waals surface area contributed by atoms with E-state index in [1.807, 2.05) is 37.6 Å². The molecule has 2 rings (SSSR count). The first-order valence-electron chi connectivity index (χ1n) is 5.66. The predicted octanol–water partition coefficient (Wildman–Crippen LogP) is 2.05. The smallest absolute Gasteiger partial charge is 0.142 e. The number of aromatic nitrogens is 2. The molecule has 0 saturated carbocycles. The van der Waals surface area contributed by atoms with E-state index in [1.54, 1.807) is 18.9 Å². The number of anilines is 1. The summed E-state index contributed by atoms with van der Waals surface area (Å²) in [5, 5.41) is 7.44. The van der Waals surface area contributed by atoms with Gasteiger partial charge in [0, 0.05) is 31.4 Å². The Morgan fingerprint density at radius 3 is 2.72 bits per heavy atom. The summed E-state index contributed by atoms with van der Waals surface area (Å²) in [4.78, 5) is 0. The van der Waals surface area contributed by atoms with Gasteiger partial charge in [0.25, 0.3) is 0 Å². The molecule has 0 aliphatic carbocycles. The Morgan fingerprint density at radius 1 is 1.28 bits per heavy atom. The number of hydrogen-bond acceptors (Lipinski definition) is 4. The maximum atomic E-state index is 5.30. The van der Waals surface area contributed by atoms with E-state index in [1.165, 1.54) is 0 Å². The highest BCUT2D eigenvalue weighted by Gasteiger charge is 2.05. The first-order valence-corrected chi connectivity index (χ1v) is 5.66. The van der Waals surface area contributed by atoms with Crippen molar-refractivity contribution in [2.75, 3.05) is 19.5 Å². The maximum Gasteiger partial charge on any atom is 0.142 e. The van der Waals surface area contributed by atoms with E-state index in [2.05, 4.69) is 10.4 Å². The topological polar surface area (TPSA) is 48.3 Å². The minimum Gasteiger partial charge on any atom is -0.497 e. The van der Waals surface area contributed by atoms with Gasteiger partial charge in [-0.05, 0) is 12.1 Å². The molecular formula is C13H17N3O2. The number of benzene rings is 1. The lowest BCUT2D eigenvalue weighted by Gasteiger charge is -2.11. The molecule has 1 heterocycles. The van der Waals surface area contributed by atoms with Crippen molar-refractivity contribution in [2.45, 2.75) is 6.54 Å². The molecule has 2 aromatic rings. The fraction of sp³-hybridized carbons (Fsp3) is 0.308. The molecule has 0 fully saturated rings. The molecule has 5 heteroatoms. The third-order valence-electron chi connectivity index (χ3n) is 2.65. The highest BCUT2D eigenvalue weighted by atomic mass is 16.5. The van der Waals surface area contributed by atoms with Crippen LogP contribution in [0.3, 0.4) is 0 Å². The highest BCUT2D eigenvalue weighted by molar-refractivity contribution is 5.59. The normalized spacial score (nSPS) is 10.2. The van der Waals surface area contributed by atoms with Gasteiger partial charge < -0.3 is 14.8 Å². The van der Waals surface area contributed by atoms with Crippen molar-refractivity contribution in [1.29, 1.82) is 0 Å². The highest BCUT2D eigenvalue weighted by Crippen LogP contribution is 2.29. The Labute approximate surface area is 106 Å². The van der Waals surface area contributed by atoms with Crippen LogP contribution in [0, 0.1) is 0 Å². The molecule has 0 aliphatic rings. The number of hydrogen-bond donors (Lipinski definition) is 1. The van der Waals surface area contributed by atoms with E-state index in [-0.39, 0.29) is 0 Å². The molecule has 18 heavy (non-hydrogen) atoms. The average molecular weight is 247 g/mol. The van der Waals surface area contributed by atoms with Gasteiger partial charge in [0.05, 0.1) is 26.1 Å². The molecule has 0 unspecified atom stereocenters. The Morgan fingerprint density at radius 2 is 2.11 bits per heavy atom. The first-order chi connectivity index (χ1) is 8.72. The standard InChI is InChI=1S/C13H17N3O2/c1-16-9-10(8-15-16)7-14-12-6-11(17-2)4-5-13(12)18-3/h4-6,8-9,14H,7H2,1-3H3. The fourth-order valence-corrected chi connectivity index (χ4v) is 1.71. The van der Waals surface area contributed by atoms with Crippen LogP contribution in [-0.4, -0.2) is 24.0 Å². The second-order valence-corrected chi connectivity index (χ2v) is 3.94. The van der Waals surface area contributed by atoms with Gasteiger partial charge >= 0.3 is 0 Å². The molecule has 1 aromatic carbocycles. The number of aryl methyl sites for hydroxylation is 1. The summed E-state index contributed by atoms with van der Waals surface area (Å²) in [5.74, 6) is 1.59. The van der Waals surface area contributed by atoms with Crippen LogP contribution >= 0.6 is 0 Å². The molecule has 1 aromatic heterocycles. The minimum absolute atomic E-state index is 0.692. The summed E-state index contributed by atoms with van der Waals surface area (Å²) in [6, 6.07) is 5.66. The van der Waals surface area contributed by atoms with Crippen LogP contribution in [0.25, 0.3) is 0 Å². The van der Waals surface area contributed by atoms with Gasteiger partial charge in [-0.1, -0.05) is 0 Å². The van der Waals surface area contributed by atoms with Crippen molar-refractivity contribution in [3.05, 3.63) is 36.2 Å². The van der Waals surface area contributed by atoms with E-state index in [9.17, 15) is 0 Å². The quantitative estimate of drug-likeness (QED) is 0.878. The van der Waals surface area contributed by atoms with Crippen molar-refractivity contribution in [1.82, 2.24) is 9.78 Å². The van der Waals surface area contributed by atoms with Crippen molar-refractivity contribution < 1.29 is 9.47 Å². The molecule has 0 atom stereocenters. The fourth-order valence-electron chi connectivity index (χ4n) is 1.71. The van der Waals surface area contributed by atoms with Gasteiger partial charge in [-0.25, -0.2) is 0 Å². The number of nitrogens with zero attached hydrogens (tertiary/aromatic N) is 2. The summed E-state index contributed by atoms with van der Waals surface area (Å²) in [6.45, 7) is 0.692. The molecule has 0 radical (unpaired) electrons. The Hall–Kier alpha value is -2.17. The van der Waals surface area contributed by atoms with E-state index in [0.29, 0.717) is 6.54 Å².